The first-order valence-electron chi connectivity index (χ1n) is 7.03. The summed E-state index contributed by atoms with van der Waals surface area (Å²) < 4.78 is 5.21. The van der Waals surface area contributed by atoms with E-state index in [-0.39, 0.29) is 6.04 Å². The maximum Gasteiger partial charge on any atom is 0.120 e. The average Bonchev–Trinajstić information content (AvgIpc) is 2.46. The number of nitrogens with zero attached hydrogens (tertiary/aromatic N) is 1. The minimum absolute atomic E-state index is 0.0976. The minimum Gasteiger partial charge on any atom is -0.497 e. The van der Waals surface area contributed by atoms with Crippen LogP contribution in [0.25, 0.3) is 0 Å². The van der Waals surface area contributed by atoms with Gasteiger partial charge in [-0.15, -0.1) is 0 Å². The van der Waals surface area contributed by atoms with Crippen molar-refractivity contribution in [3.8, 4) is 11.8 Å². The lowest BCUT2D eigenvalue weighted by atomic mass is 9.79. The third-order valence-electron chi connectivity index (χ3n) is 4.06. The first kappa shape index (κ1) is 13.7. The van der Waals surface area contributed by atoms with Crippen LogP contribution in [0.2, 0.25) is 0 Å². The lowest BCUT2D eigenvalue weighted by molar-refractivity contribution is 0.282. The average molecular weight is 258 g/mol. The van der Waals surface area contributed by atoms with Crippen molar-refractivity contribution < 1.29 is 4.74 Å². The smallest absolute Gasteiger partial charge is 0.120 e. The van der Waals surface area contributed by atoms with Crippen molar-refractivity contribution in [1.82, 2.24) is 0 Å². The molecule has 3 heteroatoms. The van der Waals surface area contributed by atoms with Gasteiger partial charge in [-0.1, -0.05) is 25.8 Å². The lowest BCUT2D eigenvalue weighted by Gasteiger charge is -2.30. The summed E-state index contributed by atoms with van der Waals surface area (Å²) in [6, 6.07) is 10.1. The van der Waals surface area contributed by atoms with Crippen molar-refractivity contribution in [2.45, 2.75) is 38.6 Å². The highest BCUT2D eigenvalue weighted by atomic mass is 16.5. The van der Waals surface area contributed by atoms with Crippen molar-refractivity contribution >= 4 is 5.69 Å². The Balaban J connectivity index is 2.00. The maximum absolute atomic E-state index is 9.39. The van der Waals surface area contributed by atoms with Gasteiger partial charge in [0.2, 0.25) is 0 Å². The van der Waals surface area contributed by atoms with Crippen LogP contribution < -0.4 is 10.1 Å². The molecule has 102 valence electrons. The quantitative estimate of drug-likeness (QED) is 0.892. The number of anilines is 1. The van der Waals surface area contributed by atoms with Gasteiger partial charge >= 0.3 is 0 Å². The van der Waals surface area contributed by atoms with E-state index in [1.165, 1.54) is 12.8 Å². The van der Waals surface area contributed by atoms with Crippen LogP contribution in [0.4, 0.5) is 5.69 Å². The summed E-state index contributed by atoms with van der Waals surface area (Å²) in [6.07, 6.45) is 4.78. The van der Waals surface area contributed by atoms with Crippen LogP contribution in [0, 0.1) is 23.2 Å². The molecule has 2 rings (SSSR count). The van der Waals surface area contributed by atoms with E-state index in [0.29, 0.717) is 5.92 Å². The number of hydrogen-bond donors (Lipinski definition) is 1. The molecule has 0 spiro atoms. The van der Waals surface area contributed by atoms with Crippen LogP contribution in [0.15, 0.2) is 24.3 Å². The van der Waals surface area contributed by atoms with E-state index >= 15 is 0 Å². The number of hydrogen-bond acceptors (Lipinski definition) is 3. The molecule has 1 saturated carbocycles. The standard InChI is InChI=1S/C16H22N2O/c1-12-6-8-13(9-7-12)16(11-17)18-14-4-3-5-15(10-14)19-2/h3-5,10,12-13,16,18H,6-9H2,1-2H3. The molecule has 0 radical (unpaired) electrons. The van der Waals surface area contributed by atoms with Gasteiger partial charge in [0.1, 0.15) is 11.8 Å². The van der Waals surface area contributed by atoms with Crippen molar-refractivity contribution in [2.24, 2.45) is 11.8 Å². The van der Waals surface area contributed by atoms with E-state index in [1.807, 2.05) is 24.3 Å². The van der Waals surface area contributed by atoms with Crippen LogP contribution in [0.5, 0.6) is 5.75 Å². The van der Waals surface area contributed by atoms with Crippen molar-refractivity contribution in [2.75, 3.05) is 12.4 Å². The van der Waals surface area contributed by atoms with Crippen LogP contribution in [-0.4, -0.2) is 13.2 Å². The Morgan fingerprint density at radius 3 is 2.68 bits per heavy atom. The number of benzene rings is 1. The van der Waals surface area contributed by atoms with E-state index in [9.17, 15) is 5.26 Å². The molecular formula is C16H22N2O. The number of methoxy groups -OCH3 is 1. The third kappa shape index (κ3) is 3.64. The summed E-state index contributed by atoms with van der Waals surface area (Å²) in [5.74, 6) is 2.10. The molecule has 1 N–H and O–H groups in total. The van der Waals surface area contributed by atoms with Crippen LogP contribution in [0.1, 0.15) is 32.6 Å². The maximum atomic E-state index is 9.39. The van der Waals surface area contributed by atoms with E-state index in [0.717, 1.165) is 30.2 Å². The molecule has 1 aromatic rings. The molecule has 1 fully saturated rings. The largest absolute Gasteiger partial charge is 0.497 e. The zero-order valence-electron chi connectivity index (χ0n) is 11.7. The third-order valence-corrected chi connectivity index (χ3v) is 4.06. The van der Waals surface area contributed by atoms with Crippen LogP contribution in [-0.2, 0) is 0 Å². The summed E-state index contributed by atoms with van der Waals surface area (Å²) in [5, 5.41) is 12.7. The summed E-state index contributed by atoms with van der Waals surface area (Å²) >= 11 is 0. The Hall–Kier alpha value is -1.69. The van der Waals surface area contributed by atoms with Crippen molar-refractivity contribution in [1.29, 1.82) is 5.26 Å². The number of ether oxygens (including phenoxy) is 1. The molecule has 0 aliphatic heterocycles. The monoisotopic (exact) mass is 258 g/mol. The Morgan fingerprint density at radius 1 is 1.32 bits per heavy atom. The van der Waals surface area contributed by atoms with E-state index < -0.39 is 0 Å². The zero-order chi connectivity index (χ0) is 13.7. The normalized spacial score (nSPS) is 24.3. The molecule has 0 amide bonds. The molecule has 0 saturated heterocycles. The van der Waals surface area contributed by atoms with E-state index in [1.54, 1.807) is 7.11 Å². The van der Waals surface area contributed by atoms with E-state index in [4.69, 9.17) is 4.74 Å². The molecule has 0 heterocycles. The topological polar surface area (TPSA) is 45.0 Å². The highest BCUT2D eigenvalue weighted by molar-refractivity contribution is 5.49. The first-order valence-corrected chi connectivity index (χ1v) is 7.03. The minimum atomic E-state index is -0.0976. The summed E-state index contributed by atoms with van der Waals surface area (Å²) in [7, 11) is 1.66. The van der Waals surface area contributed by atoms with Gasteiger partial charge in [0.25, 0.3) is 0 Å². The second kappa shape index (κ2) is 6.47. The molecule has 3 nitrogen and oxygen atoms in total. The van der Waals surface area contributed by atoms with E-state index in [2.05, 4.69) is 18.3 Å². The number of nitrogens with one attached hydrogen (secondary N) is 1. The summed E-state index contributed by atoms with van der Waals surface area (Å²) in [4.78, 5) is 0. The molecule has 0 aromatic heterocycles. The first-order chi connectivity index (χ1) is 9.22. The Bertz CT molecular complexity index is 444. The Morgan fingerprint density at radius 2 is 2.05 bits per heavy atom. The van der Waals surface area contributed by atoms with Gasteiger partial charge in [-0.05, 0) is 36.8 Å². The molecule has 1 aromatic carbocycles. The summed E-state index contributed by atoms with van der Waals surface area (Å²) in [6.45, 7) is 2.30. The van der Waals surface area contributed by atoms with Gasteiger partial charge in [-0.2, -0.15) is 5.26 Å². The van der Waals surface area contributed by atoms with Gasteiger partial charge < -0.3 is 10.1 Å². The highest BCUT2D eigenvalue weighted by Crippen LogP contribution is 2.31. The van der Waals surface area contributed by atoms with Crippen LogP contribution in [0.3, 0.4) is 0 Å². The molecule has 1 unspecified atom stereocenters. The molecule has 1 aliphatic carbocycles. The second-order valence-electron chi connectivity index (χ2n) is 5.50. The molecule has 0 bridgehead atoms. The highest BCUT2D eigenvalue weighted by Gasteiger charge is 2.25. The second-order valence-corrected chi connectivity index (χ2v) is 5.50. The fourth-order valence-corrected chi connectivity index (χ4v) is 2.77. The SMILES string of the molecule is COc1cccc(NC(C#N)C2CCC(C)CC2)c1. The fraction of sp³-hybridized carbons (Fsp3) is 0.562. The number of rotatable bonds is 4. The predicted molar refractivity (Wildman–Crippen MR) is 77.1 cm³/mol. The zero-order valence-corrected chi connectivity index (χ0v) is 11.7. The predicted octanol–water partition coefficient (Wildman–Crippen LogP) is 3.83. The number of nitriles is 1. The van der Waals surface area contributed by atoms with Gasteiger partial charge in [-0.25, -0.2) is 0 Å². The van der Waals surface area contributed by atoms with Gasteiger partial charge in [-0.3, -0.25) is 0 Å². The van der Waals surface area contributed by atoms with Gasteiger partial charge in [0.05, 0.1) is 13.2 Å². The molecule has 1 atom stereocenters. The van der Waals surface area contributed by atoms with Gasteiger partial charge in [0, 0.05) is 11.8 Å². The van der Waals surface area contributed by atoms with Crippen LogP contribution >= 0.6 is 0 Å². The lowest BCUT2D eigenvalue weighted by Crippen LogP contribution is -2.30. The van der Waals surface area contributed by atoms with Crippen molar-refractivity contribution in [3.05, 3.63) is 24.3 Å². The Labute approximate surface area is 115 Å². The molecule has 19 heavy (non-hydrogen) atoms. The fourth-order valence-electron chi connectivity index (χ4n) is 2.77. The summed E-state index contributed by atoms with van der Waals surface area (Å²) in [5.41, 5.74) is 0.963. The van der Waals surface area contributed by atoms with Gasteiger partial charge in [0.15, 0.2) is 0 Å². The van der Waals surface area contributed by atoms with Crippen molar-refractivity contribution in [3.63, 3.8) is 0 Å². The Kier molecular flexibility index (Phi) is 4.68. The molecular weight excluding hydrogens is 236 g/mol. The molecule has 1 aliphatic rings.